The second-order valence-electron chi connectivity index (χ2n) is 9.08. The van der Waals surface area contributed by atoms with E-state index >= 15 is 0 Å². The van der Waals surface area contributed by atoms with Gasteiger partial charge in [-0.15, -0.1) is 0 Å². The van der Waals surface area contributed by atoms with Crippen LogP contribution in [0.2, 0.25) is 0 Å². The third-order valence-corrected chi connectivity index (χ3v) is 8.78. The predicted molar refractivity (Wildman–Crippen MR) is 126 cm³/mol. The van der Waals surface area contributed by atoms with Crippen LogP contribution in [0.15, 0.2) is 47.4 Å². The summed E-state index contributed by atoms with van der Waals surface area (Å²) in [5.74, 6) is 0.0923. The van der Waals surface area contributed by atoms with E-state index in [9.17, 15) is 18.0 Å². The third kappa shape index (κ3) is 4.29. The van der Waals surface area contributed by atoms with Crippen molar-refractivity contribution in [3.8, 4) is 0 Å². The van der Waals surface area contributed by atoms with Crippen LogP contribution in [0.1, 0.15) is 53.6 Å². The van der Waals surface area contributed by atoms with Crippen molar-refractivity contribution in [2.24, 2.45) is 0 Å². The second kappa shape index (κ2) is 8.91. The number of hydrogen-bond donors (Lipinski definition) is 0. The highest BCUT2D eigenvalue weighted by atomic mass is 32.2. The van der Waals surface area contributed by atoms with Crippen molar-refractivity contribution in [3.05, 3.63) is 59.2 Å². The summed E-state index contributed by atoms with van der Waals surface area (Å²) in [5.41, 5.74) is 3.27. The van der Waals surface area contributed by atoms with E-state index in [1.807, 2.05) is 29.2 Å². The molecule has 3 aliphatic rings. The predicted octanol–water partition coefficient (Wildman–Crippen LogP) is 3.19. The number of fused-ring (bicyclic) bond motifs is 1. The van der Waals surface area contributed by atoms with Gasteiger partial charge in [0.25, 0.3) is 5.91 Å². The van der Waals surface area contributed by atoms with E-state index in [1.54, 1.807) is 27.4 Å². The zero-order chi connectivity index (χ0) is 23.0. The number of benzene rings is 2. The van der Waals surface area contributed by atoms with Crippen LogP contribution in [0.25, 0.3) is 0 Å². The van der Waals surface area contributed by atoms with Gasteiger partial charge in [-0.25, -0.2) is 8.42 Å². The normalized spacial score (nSPS) is 19.2. The average molecular weight is 468 g/mol. The monoisotopic (exact) mass is 467 g/mol. The molecule has 7 nitrogen and oxygen atoms in total. The van der Waals surface area contributed by atoms with Gasteiger partial charge in [-0.1, -0.05) is 18.6 Å². The Bertz CT molecular complexity index is 1170. The first-order valence-corrected chi connectivity index (χ1v) is 13.2. The molecule has 2 fully saturated rings. The molecule has 174 valence electrons. The largest absolute Gasteiger partial charge is 0.338 e. The molecule has 0 aromatic heterocycles. The molecule has 0 bridgehead atoms. The minimum absolute atomic E-state index is 0.0933. The molecule has 3 heterocycles. The molecule has 0 unspecified atom stereocenters. The van der Waals surface area contributed by atoms with Crippen molar-refractivity contribution < 1.29 is 18.0 Å². The highest BCUT2D eigenvalue weighted by Crippen LogP contribution is 2.33. The molecule has 0 spiro atoms. The lowest BCUT2D eigenvalue weighted by Gasteiger charge is -2.26. The Morgan fingerprint density at radius 2 is 1.61 bits per heavy atom. The topological polar surface area (TPSA) is 78.0 Å². The van der Waals surface area contributed by atoms with E-state index in [4.69, 9.17) is 0 Å². The van der Waals surface area contributed by atoms with E-state index in [0.29, 0.717) is 49.5 Å². The smallest absolute Gasteiger partial charge is 0.258 e. The van der Waals surface area contributed by atoms with Gasteiger partial charge < -0.3 is 9.80 Å². The third-order valence-electron chi connectivity index (χ3n) is 6.89. The lowest BCUT2D eigenvalue weighted by molar-refractivity contribution is -0.128. The molecule has 0 atom stereocenters. The summed E-state index contributed by atoms with van der Waals surface area (Å²) in [5, 5.41) is 0. The number of amides is 2. The molecule has 33 heavy (non-hydrogen) atoms. The fourth-order valence-corrected chi connectivity index (χ4v) is 6.57. The van der Waals surface area contributed by atoms with Crippen LogP contribution in [-0.2, 0) is 27.8 Å². The molecule has 2 aromatic carbocycles. The number of carbonyl (C=O) groups excluding carboxylic acids is 2. The second-order valence-corrected chi connectivity index (χ2v) is 11.0. The fraction of sp³-hybridized carbons (Fsp3) is 0.440. The van der Waals surface area contributed by atoms with Gasteiger partial charge in [0.15, 0.2) is 0 Å². The van der Waals surface area contributed by atoms with Gasteiger partial charge in [0.1, 0.15) is 0 Å². The maximum Gasteiger partial charge on any atom is 0.258 e. The first-order valence-electron chi connectivity index (χ1n) is 11.8. The Morgan fingerprint density at radius 3 is 2.30 bits per heavy atom. The minimum Gasteiger partial charge on any atom is -0.338 e. The van der Waals surface area contributed by atoms with E-state index in [-0.39, 0.29) is 11.8 Å². The standard InChI is InChI=1S/C25H29N3O4S/c29-24-5-4-13-26(24)18-19-6-8-20(9-7-19)25(30)28-16-12-21-17-22(10-11-23(21)28)33(31,32)27-14-2-1-3-15-27/h6-11,17H,1-5,12-16,18H2. The van der Waals surface area contributed by atoms with Crippen molar-refractivity contribution in [2.75, 3.05) is 31.1 Å². The van der Waals surface area contributed by atoms with Crippen LogP contribution in [-0.4, -0.2) is 55.6 Å². The summed E-state index contributed by atoms with van der Waals surface area (Å²) in [6, 6.07) is 12.6. The Morgan fingerprint density at radius 1 is 0.848 bits per heavy atom. The zero-order valence-corrected chi connectivity index (χ0v) is 19.5. The Kier molecular flexibility index (Phi) is 5.97. The maximum atomic E-state index is 13.2. The van der Waals surface area contributed by atoms with E-state index in [0.717, 1.165) is 49.0 Å². The molecule has 3 aliphatic heterocycles. The van der Waals surface area contributed by atoms with Crippen molar-refractivity contribution in [1.29, 1.82) is 0 Å². The number of anilines is 1. The Hall–Kier alpha value is -2.71. The molecule has 0 saturated carbocycles. The lowest BCUT2D eigenvalue weighted by atomic mass is 10.1. The number of likely N-dealkylation sites (tertiary alicyclic amines) is 1. The molecule has 2 saturated heterocycles. The SMILES string of the molecule is O=C1CCCN1Cc1ccc(C(=O)N2CCc3cc(S(=O)(=O)N4CCCCC4)ccc32)cc1. The minimum atomic E-state index is -3.49. The van der Waals surface area contributed by atoms with Gasteiger partial charge in [-0.3, -0.25) is 9.59 Å². The molecule has 0 aliphatic carbocycles. The van der Waals surface area contributed by atoms with Crippen molar-refractivity contribution in [2.45, 2.75) is 50.0 Å². The van der Waals surface area contributed by atoms with Crippen LogP contribution in [0.4, 0.5) is 5.69 Å². The summed E-state index contributed by atoms with van der Waals surface area (Å²) in [4.78, 5) is 28.9. The van der Waals surface area contributed by atoms with Gasteiger partial charge in [-0.05, 0) is 67.1 Å². The number of piperidine rings is 1. The molecule has 5 rings (SSSR count). The van der Waals surface area contributed by atoms with Crippen molar-refractivity contribution in [1.82, 2.24) is 9.21 Å². The number of rotatable bonds is 5. The van der Waals surface area contributed by atoms with Gasteiger partial charge in [-0.2, -0.15) is 4.31 Å². The number of sulfonamides is 1. The van der Waals surface area contributed by atoms with Gasteiger partial charge in [0.05, 0.1) is 4.90 Å². The molecule has 0 radical (unpaired) electrons. The van der Waals surface area contributed by atoms with Crippen LogP contribution >= 0.6 is 0 Å². The van der Waals surface area contributed by atoms with Crippen LogP contribution in [0.3, 0.4) is 0 Å². The maximum absolute atomic E-state index is 13.2. The molecular formula is C25H29N3O4S. The van der Waals surface area contributed by atoms with Gasteiger partial charge >= 0.3 is 0 Å². The fourth-order valence-electron chi connectivity index (χ4n) is 5.00. The quantitative estimate of drug-likeness (QED) is 0.677. The first kappa shape index (κ1) is 22.1. The molecule has 2 amide bonds. The Balaban J connectivity index is 1.31. The summed E-state index contributed by atoms with van der Waals surface area (Å²) < 4.78 is 27.6. The number of hydrogen-bond acceptors (Lipinski definition) is 4. The van der Waals surface area contributed by atoms with Crippen molar-refractivity contribution in [3.63, 3.8) is 0 Å². The average Bonchev–Trinajstić information content (AvgIpc) is 3.45. The summed E-state index contributed by atoms with van der Waals surface area (Å²) >= 11 is 0. The van der Waals surface area contributed by atoms with Crippen LogP contribution in [0.5, 0.6) is 0 Å². The molecule has 8 heteroatoms. The summed E-state index contributed by atoms with van der Waals surface area (Å²) in [7, 11) is -3.49. The van der Waals surface area contributed by atoms with Crippen LogP contribution < -0.4 is 4.90 Å². The zero-order valence-electron chi connectivity index (χ0n) is 18.7. The lowest BCUT2D eigenvalue weighted by Crippen LogP contribution is -2.35. The molecular weight excluding hydrogens is 438 g/mol. The van der Waals surface area contributed by atoms with Crippen LogP contribution in [0, 0.1) is 0 Å². The number of nitrogens with zero attached hydrogens (tertiary/aromatic N) is 3. The van der Waals surface area contributed by atoms with E-state index in [2.05, 4.69) is 0 Å². The highest BCUT2D eigenvalue weighted by molar-refractivity contribution is 7.89. The van der Waals surface area contributed by atoms with E-state index < -0.39 is 10.0 Å². The van der Waals surface area contributed by atoms with Gasteiger partial charge in [0, 0.05) is 50.4 Å². The molecule has 2 aromatic rings. The van der Waals surface area contributed by atoms with Gasteiger partial charge in [0.2, 0.25) is 15.9 Å². The van der Waals surface area contributed by atoms with E-state index in [1.165, 1.54) is 0 Å². The summed E-state index contributed by atoms with van der Waals surface area (Å²) in [6.45, 7) is 3.05. The number of carbonyl (C=O) groups is 2. The summed E-state index contributed by atoms with van der Waals surface area (Å²) in [6.07, 6.45) is 5.04. The molecule has 0 N–H and O–H groups in total. The first-order chi connectivity index (χ1) is 15.9. The highest BCUT2D eigenvalue weighted by Gasteiger charge is 2.30. The van der Waals surface area contributed by atoms with Crippen molar-refractivity contribution >= 4 is 27.5 Å². The Labute approximate surface area is 195 Å².